The van der Waals surface area contributed by atoms with Gasteiger partial charge in [0.15, 0.2) is 6.10 Å². The van der Waals surface area contributed by atoms with Gasteiger partial charge in [0, 0.05) is 43.7 Å². The second-order valence-electron chi connectivity index (χ2n) is 16.1. The number of likely N-dealkylation sites (tertiary alicyclic amines) is 2. The first-order chi connectivity index (χ1) is 19.4. The van der Waals surface area contributed by atoms with E-state index in [9.17, 15) is 9.59 Å². The first-order valence-corrected chi connectivity index (χ1v) is 17.1. The molecule has 0 bridgehead atoms. The van der Waals surface area contributed by atoms with Crippen molar-refractivity contribution in [3.8, 4) is 0 Å². The number of likely N-dealkylation sites (N-methyl/N-ethyl adjacent to an activating group) is 1. The van der Waals surface area contributed by atoms with Gasteiger partial charge in [-0.2, -0.15) is 0 Å². The molecule has 0 radical (unpaired) electrons. The van der Waals surface area contributed by atoms with Crippen LogP contribution in [0, 0.1) is 28.6 Å². The summed E-state index contributed by atoms with van der Waals surface area (Å²) in [6.45, 7) is 12.8. The number of nitrogens with zero attached hydrogens (tertiary/aromatic N) is 2. The second kappa shape index (κ2) is 10.8. The third-order valence-corrected chi connectivity index (χ3v) is 14.0. The molecule has 6 fully saturated rings. The standard InChI is InChI=1S/C34H58N3O4/c1-23(38)40-30-22-34(35)15-12-25-26(33(34,4)21-28(30)36-16-8-6-9-17-36)13-14-32(3)27(25)20-29(31(32)41-24(2)39)37(5)18-10-7-11-19-37/h25-31H,6-22,35H2,1-5H3/q+1/t25-,26+,27+,28+,29+,30+,31+,32+,33-,34-/m1/s1. The van der Waals surface area contributed by atoms with Crippen LogP contribution in [0.25, 0.3) is 0 Å². The maximum atomic E-state index is 12.5. The molecule has 2 N–H and O–H groups in total. The van der Waals surface area contributed by atoms with Crippen LogP contribution in [-0.2, 0) is 19.1 Å². The summed E-state index contributed by atoms with van der Waals surface area (Å²) in [6, 6.07) is 0.655. The van der Waals surface area contributed by atoms with E-state index in [0.717, 1.165) is 56.1 Å². The summed E-state index contributed by atoms with van der Waals surface area (Å²) in [6.07, 6.45) is 14.9. The zero-order valence-corrected chi connectivity index (χ0v) is 26.7. The summed E-state index contributed by atoms with van der Waals surface area (Å²) in [5.41, 5.74) is 7.24. The third kappa shape index (κ3) is 4.88. The Bertz CT molecular complexity index is 1010. The normalized spacial score (nSPS) is 47.9. The molecule has 7 heteroatoms. The molecule has 6 aliphatic rings. The van der Waals surface area contributed by atoms with Crippen molar-refractivity contribution in [2.24, 2.45) is 34.3 Å². The van der Waals surface area contributed by atoms with Gasteiger partial charge in [-0.3, -0.25) is 14.5 Å². The van der Waals surface area contributed by atoms with E-state index in [2.05, 4.69) is 25.8 Å². The fourth-order valence-corrected chi connectivity index (χ4v) is 11.8. The van der Waals surface area contributed by atoms with Crippen molar-refractivity contribution in [3.05, 3.63) is 0 Å². The number of quaternary nitrogens is 1. The lowest BCUT2D eigenvalue weighted by atomic mass is 9.42. The molecule has 2 aliphatic heterocycles. The van der Waals surface area contributed by atoms with E-state index in [4.69, 9.17) is 15.2 Å². The average Bonchev–Trinajstić information content (AvgIpc) is 3.22. The van der Waals surface area contributed by atoms with Gasteiger partial charge in [-0.1, -0.05) is 20.3 Å². The SMILES string of the molecule is CC(=O)O[C@H]1C[C@]2(N)CC[C@H]3[C@@H]4C[C@H]([N+]5(C)CCCCC5)[C@H](OC(C)=O)[C@@]4(C)CC[C@@H]3[C@@]2(C)C[C@@H]1N1CCCCC1. The Labute approximate surface area is 248 Å². The maximum absolute atomic E-state index is 12.5. The van der Waals surface area contributed by atoms with E-state index in [0.29, 0.717) is 23.8 Å². The molecule has 6 rings (SSSR count). The van der Waals surface area contributed by atoms with Gasteiger partial charge in [-0.25, -0.2) is 0 Å². The van der Waals surface area contributed by atoms with Crippen molar-refractivity contribution in [1.82, 2.24) is 4.90 Å². The predicted octanol–water partition coefficient (Wildman–Crippen LogP) is 5.05. The Morgan fingerprint density at radius 2 is 1.51 bits per heavy atom. The number of esters is 2. The van der Waals surface area contributed by atoms with E-state index in [1.54, 1.807) is 13.8 Å². The van der Waals surface area contributed by atoms with Crippen LogP contribution in [0.3, 0.4) is 0 Å². The molecule has 0 spiro atoms. The minimum absolute atomic E-state index is 0.00668. The molecule has 2 saturated heterocycles. The van der Waals surface area contributed by atoms with Crippen LogP contribution >= 0.6 is 0 Å². The van der Waals surface area contributed by atoms with Gasteiger partial charge in [0.2, 0.25) is 0 Å². The Balaban J connectivity index is 1.32. The quantitative estimate of drug-likeness (QED) is 0.375. The Morgan fingerprint density at radius 1 is 0.854 bits per heavy atom. The van der Waals surface area contributed by atoms with E-state index in [1.165, 1.54) is 58.0 Å². The summed E-state index contributed by atoms with van der Waals surface area (Å²) < 4.78 is 13.5. The van der Waals surface area contributed by atoms with Gasteiger partial charge < -0.3 is 19.7 Å². The molecule has 0 aromatic heterocycles. The Hall–Kier alpha value is -1.18. The maximum Gasteiger partial charge on any atom is 0.303 e. The summed E-state index contributed by atoms with van der Waals surface area (Å²) in [7, 11) is 2.45. The van der Waals surface area contributed by atoms with Crippen molar-refractivity contribution >= 4 is 11.9 Å². The van der Waals surface area contributed by atoms with Gasteiger partial charge in [-0.15, -0.1) is 0 Å². The molecule has 10 atom stereocenters. The lowest BCUT2D eigenvalue weighted by molar-refractivity contribution is -0.940. The summed E-state index contributed by atoms with van der Waals surface area (Å²) in [5.74, 6) is 1.45. The number of fused-ring (bicyclic) bond motifs is 5. The molecule has 0 amide bonds. The van der Waals surface area contributed by atoms with E-state index in [-0.39, 0.29) is 46.6 Å². The van der Waals surface area contributed by atoms with E-state index in [1.807, 2.05) is 0 Å². The van der Waals surface area contributed by atoms with Crippen molar-refractivity contribution in [1.29, 1.82) is 0 Å². The summed E-state index contributed by atoms with van der Waals surface area (Å²) >= 11 is 0. The van der Waals surface area contributed by atoms with Crippen molar-refractivity contribution in [3.63, 3.8) is 0 Å². The van der Waals surface area contributed by atoms with Crippen LogP contribution in [0.1, 0.15) is 111 Å². The monoisotopic (exact) mass is 572 g/mol. The van der Waals surface area contributed by atoms with Crippen LogP contribution in [0.5, 0.6) is 0 Å². The number of rotatable bonds is 4. The lowest BCUT2D eigenvalue weighted by Gasteiger charge is -2.66. The smallest absolute Gasteiger partial charge is 0.303 e. The molecule has 4 saturated carbocycles. The van der Waals surface area contributed by atoms with Gasteiger partial charge in [0.05, 0.1) is 20.1 Å². The average molecular weight is 573 g/mol. The first kappa shape index (κ1) is 29.9. The molecular weight excluding hydrogens is 514 g/mol. The number of ether oxygens (including phenoxy) is 2. The predicted molar refractivity (Wildman–Crippen MR) is 160 cm³/mol. The molecule has 0 unspecified atom stereocenters. The number of hydrogen-bond acceptors (Lipinski definition) is 6. The number of nitrogens with two attached hydrogens (primary N) is 1. The van der Waals surface area contributed by atoms with Crippen molar-refractivity contribution in [2.45, 2.75) is 141 Å². The zero-order chi connectivity index (χ0) is 29.2. The third-order valence-electron chi connectivity index (χ3n) is 14.0. The highest BCUT2D eigenvalue weighted by atomic mass is 16.5. The van der Waals surface area contributed by atoms with E-state index < -0.39 is 0 Å². The van der Waals surface area contributed by atoms with Crippen LogP contribution in [0.2, 0.25) is 0 Å². The highest BCUT2D eigenvalue weighted by Crippen LogP contribution is 2.68. The van der Waals surface area contributed by atoms with E-state index >= 15 is 0 Å². The largest absolute Gasteiger partial charge is 0.461 e. The minimum Gasteiger partial charge on any atom is -0.461 e. The van der Waals surface area contributed by atoms with Crippen LogP contribution in [0.15, 0.2) is 0 Å². The van der Waals surface area contributed by atoms with Gasteiger partial charge in [-0.05, 0) is 100 Å². The van der Waals surface area contributed by atoms with Crippen LogP contribution in [0.4, 0.5) is 0 Å². The zero-order valence-electron chi connectivity index (χ0n) is 26.7. The highest BCUT2D eigenvalue weighted by molar-refractivity contribution is 5.66. The second-order valence-corrected chi connectivity index (χ2v) is 16.1. The molecule has 41 heavy (non-hydrogen) atoms. The molecule has 0 aromatic carbocycles. The van der Waals surface area contributed by atoms with Crippen LogP contribution in [-0.4, -0.2) is 84.4 Å². The minimum atomic E-state index is -0.312. The lowest BCUT2D eigenvalue weighted by Crippen LogP contribution is -2.71. The number of hydrogen-bond donors (Lipinski definition) is 1. The van der Waals surface area contributed by atoms with Crippen molar-refractivity contribution in [2.75, 3.05) is 33.2 Å². The Morgan fingerprint density at radius 3 is 2.17 bits per heavy atom. The fourth-order valence-electron chi connectivity index (χ4n) is 11.8. The molecule has 0 aromatic rings. The first-order valence-electron chi connectivity index (χ1n) is 17.1. The van der Waals surface area contributed by atoms with Gasteiger partial charge >= 0.3 is 11.9 Å². The molecule has 232 valence electrons. The topological polar surface area (TPSA) is 81.9 Å². The molecule has 2 heterocycles. The van der Waals surface area contributed by atoms with Gasteiger partial charge in [0.25, 0.3) is 0 Å². The fraction of sp³-hybridized carbons (Fsp3) is 0.941. The molecular formula is C34H58N3O4+. The number of carbonyl (C=O) groups excluding carboxylic acids is 2. The summed E-state index contributed by atoms with van der Waals surface area (Å²) in [4.78, 5) is 27.4. The molecule has 4 aliphatic carbocycles. The molecule has 7 nitrogen and oxygen atoms in total. The highest BCUT2D eigenvalue weighted by Gasteiger charge is 2.69. The van der Waals surface area contributed by atoms with Gasteiger partial charge in [0.1, 0.15) is 12.1 Å². The summed E-state index contributed by atoms with van der Waals surface area (Å²) in [5, 5.41) is 0. The number of carbonyl (C=O) groups is 2. The Kier molecular flexibility index (Phi) is 7.84. The van der Waals surface area contributed by atoms with Crippen molar-refractivity contribution < 1.29 is 23.5 Å². The van der Waals surface area contributed by atoms with Crippen LogP contribution < -0.4 is 5.73 Å². The number of piperidine rings is 2.